The van der Waals surface area contributed by atoms with Gasteiger partial charge in [-0.1, -0.05) is 24.3 Å². The Morgan fingerprint density at radius 2 is 1.86 bits per heavy atom. The lowest BCUT2D eigenvalue weighted by Crippen LogP contribution is -2.05. The van der Waals surface area contributed by atoms with Gasteiger partial charge >= 0.3 is 5.97 Å². The summed E-state index contributed by atoms with van der Waals surface area (Å²) in [7, 11) is 1.60. The van der Waals surface area contributed by atoms with E-state index in [0.29, 0.717) is 17.5 Å². The molecule has 0 aliphatic rings. The van der Waals surface area contributed by atoms with Crippen LogP contribution in [-0.4, -0.2) is 23.3 Å². The molecule has 0 amide bonds. The van der Waals surface area contributed by atoms with Crippen LogP contribution in [0.1, 0.15) is 40.1 Å². The van der Waals surface area contributed by atoms with E-state index < -0.39 is 12.1 Å². The Hall–Kier alpha value is -2.33. The topological polar surface area (TPSA) is 66.8 Å². The third kappa shape index (κ3) is 3.61. The second-order valence-corrected chi connectivity index (χ2v) is 4.92. The molecule has 0 aliphatic carbocycles. The van der Waals surface area contributed by atoms with Crippen molar-refractivity contribution in [2.75, 3.05) is 7.11 Å². The highest BCUT2D eigenvalue weighted by atomic mass is 16.5. The average molecular weight is 286 g/mol. The van der Waals surface area contributed by atoms with Crippen LogP contribution in [0.4, 0.5) is 0 Å². The first-order chi connectivity index (χ1) is 10.0. The molecule has 21 heavy (non-hydrogen) atoms. The molecule has 2 N–H and O–H groups in total. The number of hydrogen-bond donors (Lipinski definition) is 2. The van der Waals surface area contributed by atoms with Crippen molar-refractivity contribution in [2.45, 2.75) is 19.4 Å². The summed E-state index contributed by atoms with van der Waals surface area (Å²) in [5.74, 6) is -0.203. The first-order valence-electron chi connectivity index (χ1n) is 6.68. The lowest BCUT2D eigenvalue weighted by molar-refractivity contribution is 0.0695. The van der Waals surface area contributed by atoms with Gasteiger partial charge in [0.15, 0.2) is 0 Å². The van der Waals surface area contributed by atoms with E-state index in [-0.39, 0.29) is 5.56 Å². The zero-order valence-corrected chi connectivity index (χ0v) is 12.0. The lowest BCUT2D eigenvalue weighted by atomic mass is 9.96. The first-order valence-corrected chi connectivity index (χ1v) is 6.68. The van der Waals surface area contributed by atoms with Crippen LogP contribution < -0.4 is 4.74 Å². The summed E-state index contributed by atoms with van der Waals surface area (Å²) in [4.78, 5) is 11.3. The van der Waals surface area contributed by atoms with E-state index in [1.54, 1.807) is 32.2 Å². The largest absolute Gasteiger partial charge is 0.497 e. The van der Waals surface area contributed by atoms with Gasteiger partial charge in [0.2, 0.25) is 0 Å². The van der Waals surface area contributed by atoms with Crippen molar-refractivity contribution in [3.8, 4) is 5.75 Å². The van der Waals surface area contributed by atoms with Crippen LogP contribution in [0.15, 0.2) is 42.5 Å². The molecule has 4 nitrogen and oxygen atoms in total. The predicted molar refractivity (Wildman–Crippen MR) is 79.8 cm³/mol. The zero-order valence-electron chi connectivity index (χ0n) is 12.0. The molecule has 1 unspecified atom stereocenters. The number of carbonyl (C=O) groups is 1. The molecule has 0 aliphatic heterocycles. The summed E-state index contributed by atoms with van der Waals surface area (Å²) < 4.78 is 5.10. The third-order valence-electron chi connectivity index (χ3n) is 3.40. The Bertz CT molecular complexity index is 630. The average Bonchev–Trinajstić information content (AvgIpc) is 2.47. The highest BCUT2D eigenvalue weighted by Gasteiger charge is 2.13. The standard InChI is InChI=1S/C17H18O4/c1-11(18)13-5-8-16(17(19)20)14(10-13)9-12-3-6-15(21-2)7-4-12/h3-8,10-11,18H,9H2,1-2H3,(H,19,20). The molecule has 0 heterocycles. The molecule has 0 bridgehead atoms. The Labute approximate surface area is 123 Å². The summed E-state index contributed by atoms with van der Waals surface area (Å²) in [6.07, 6.45) is -0.130. The summed E-state index contributed by atoms with van der Waals surface area (Å²) in [6, 6.07) is 12.4. The van der Waals surface area contributed by atoms with Crippen molar-refractivity contribution >= 4 is 5.97 Å². The molecule has 1 atom stereocenters. The normalized spacial score (nSPS) is 12.0. The highest BCUT2D eigenvalue weighted by molar-refractivity contribution is 5.89. The molecule has 0 aromatic heterocycles. The number of methoxy groups -OCH3 is 1. The predicted octanol–water partition coefficient (Wildman–Crippen LogP) is 3.04. The Morgan fingerprint density at radius 3 is 2.38 bits per heavy atom. The van der Waals surface area contributed by atoms with Crippen LogP contribution in [0.5, 0.6) is 5.75 Å². The van der Waals surface area contributed by atoms with E-state index in [2.05, 4.69) is 0 Å². The van der Waals surface area contributed by atoms with Gasteiger partial charge in [-0.25, -0.2) is 4.79 Å². The van der Waals surface area contributed by atoms with Crippen molar-refractivity contribution in [1.82, 2.24) is 0 Å². The zero-order chi connectivity index (χ0) is 15.4. The van der Waals surface area contributed by atoms with Gasteiger partial charge in [0.25, 0.3) is 0 Å². The fraction of sp³-hybridized carbons (Fsp3) is 0.235. The number of rotatable bonds is 5. The molecule has 2 aromatic rings. The van der Waals surface area contributed by atoms with Crippen molar-refractivity contribution < 1.29 is 19.7 Å². The number of aliphatic hydroxyl groups excluding tert-OH is 1. The third-order valence-corrected chi connectivity index (χ3v) is 3.40. The van der Waals surface area contributed by atoms with E-state index in [9.17, 15) is 15.0 Å². The summed E-state index contributed by atoms with van der Waals surface area (Å²) in [5, 5.41) is 18.9. The highest BCUT2D eigenvalue weighted by Crippen LogP contribution is 2.22. The maximum absolute atomic E-state index is 11.3. The summed E-state index contributed by atoms with van der Waals surface area (Å²) in [6.45, 7) is 1.66. The quantitative estimate of drug-likeness (QED) is 0.886. The molecule has 0 spiro atoms. The molecule has 0 fully saturated rings. The molecule has 4 heteroatoms. The van der Waals surface area contributed by atoms with E-state index in [1.165, 1.54) is 0 Å². The summed E-state index contributed by atoms with van der Waals surface area (Å²) in [5.41, 5.74) is 2.64. The maximum Gasteiger partial charge on any atom is 0.335 e. The molecule has 0 saturated heterocycles. The number of aliphatic hydroxyl groups is 1. The molecule has 0 radical (unpaired) electrons. The fourth-order valence-electron chi connectivity index (χ4n) is 2.19. The van der Waals surface area contributed by atoms with Crippen LogP contribution in [0, 0.1) is 0 Å². The van der Waals surface area contributed by atoms with Gasteiger partial charge in [0, 0.05) is 0 Å². The minimum Gasteiger partial charge on any atom is -0.497 e. The van der Waals surface area contributed by atoms with Crippen LogP contribution in [0.25, 0.3) is 0 Å². The van der Waals surface area contributed by atoms with E-state index >= 15 is 0 Å². The number of benzene rings is 2. The van der Waals surface area contributed by atoms with E-state index in [4.69, 9.17) is 4.74 Å². The summed E-state index contributed by atoms with van der Waals surface area (Å²) >= 11 is 0. The van der Waals surface area contributed by atoms with Crippen LogP contribution in [0.2, 0.25) is 0 Å². The molecule has 0 saturated carbocycles. The molecule has 2 rings (SSSR count). The van der Waals surface area contributed by atoms with Gasteiger partial charge in [-0.05, 0) is 48.2 Å². The minimum atomic E-state index is -0.962. The molecule has 110 valence electrons. The number of aromatic carboxylic acids is 1. The van der Waals surface area contributed by atoms with Crippen molar-refractivity contribution in [1.29, 1.82) is 0 Å². The number of carboxylic acid groups (broad SMARTS) is 1. The molecule has 2 aromatic carbocycles. The first kappa shape index (κ1) is 15.1. The minimum absolute atomic E-state index is 0.259. The number of carboxylic acids is 1. The Balaban J connectivity index is 2.35. The monoisotopic (exact) mass is 286 g/mol. The van der Waals surface area contributed by atoms with Crippen molar-refractivity contribution in [3.05, 3.63) is 64.7 Å². The van der Waals surface area contributed by atoms with Crippen LogP contribution >= 0.6 is 0 Å². The van der Waals surface area contributed by atoms with E-state index in [0.717, 1.165) is 11.3 Å². The molecular weight excluding hydrogens is 268 g/mol. The van der Waals surface area contributed by atoms with Gasteiger partial charge < -0.3 is 14.9 Å². The van der Waals surface area contributed by atoms with Crippen LogP contribution in [0.3, 0.4) is 0 Å². The van der Waals surface area contributed by atoms with Crippen molar-refractivity contribution in [3.63, 3.8) is 0 Å². The smallest absolute Gasteiger partial charge is 0.335 e. The van der Waals surface area contributed by atoms with Gasteiger partial charge in [0.1, 0.15) is 5.75 Å². The van der Waals surface area contributed by atoms with E-state index in [1.807, 2.05) is 24.3 Å². The van der Waals surface area contributed by atoms with Crippen molar-refractivity contribution in [2.24, 2.45) is 0 Å². The van der Waals surface area contributed by atoms with Gasteiger partial charge in [-0.2, -0.15) is 0 Å². The van der Waals surface area contributed by atoms with Crippen LogP contribution in [-0.2, 0) is 6.42 Å². The maximum atomic E-state index is 11.3. The lowest BCUT2D eigenvalue weighted by Gasteiger charge is -2.11. The molecular formula is C17H18O4. The van der Waals surface area contributed by atoms with Gasteiger partial charge in [-0.15, -0.1) is 0 Å². The number of hydrogen-bond acceptors (Lipinski definition) is 3. The number of ether oxygens (including phenoxy) is 1. The second kappa shape index (κ2) is 6.41. The Kier molecular flexibility index (Phi) is 4.60. The SMILES string of the molecule is COc1ccc(Cc2cc(C(C)O)ccc2C(=O)O)cc1. The van der Waals surface area contributed by atoms with Gasteiger partial charge in [-0.3, -0.25) is 0 Å². The van der Waals surface area contributed by atoms with Gasteiger partial charge in [0.05, 0.1) is 18.8 Å². The fourth-order valence-corrected chi connectivity index (χ4v) is 2.19. The second-order valence-electron chi connectivity index (χ2n) is 4.92. The Morgan fingerprint density at radius 1 is 1.19 bits per heavy atom.